The Balaban J connectivity index is 0.000000240. The molecule has 0 aliphatic carbocycles. The molecule has 0 aliphatic heterocycles. The first-order valence-corrected chi connectivity index (χ1v) is 6.67. The molecule has 128 valence electrons. The van der Waals surface area contributed by atoms with E-state index in [0.717, 1.165) is 24.3 Å². The third-order valence-corrected chi connectivity index (χ3v) is 2.95. The second-order valence-electron chi connectivity index (χ2n) is 4.65. The van der Waals surface area contributed by atoms with Crippen LogP contribution in [0.2, 0.25) is 0 Å². The van der Waals surface area contributed by atoms with E-state index >= 15 is 0 Å². The van der Waals surface area contributed by atoms with E-state index in [4.69, 9.17) is 0 Å². The Bertz CT molecular complexity index is 599. The molecule has 0 saturated heterocycles. The summed E-state index contributed by atoms with van der Waals surface area (Å²) in [6.45, 7) is 6.88. The van der Waals surface area contributed by atoms with Gasteiger partial charge >= 0.3 is 12.4 Å². The first-order valence-electron chi connectivity index (χ1n) is 6.67. The molecule has 0 N–H and O–H groups in total. The van der Waals surface area contributed by atoms with Crippen LogP contribution in [-0.2, 0) is 12.4 Å². The molecule has 0 radical (unpaired) electrons. The van der Waals surface area contributed by atoms with Gasteiger partial charge in [-0.3, -0.25) is 0 Å². The van der Waals surface area contributed by atoms with Crippen molar-refractivity contribution in [3.63, 3.8) is 0 Å². The van der Waals surface area contributed by atoms with E-state index in [-0.39, 0.29) is 0 Å². The predicted molar refractivity (Wildman–Crippen MR) is 83.1 cm³/mol. The van der Waals surface area contributed by atoms with Gasteiger partial charge in [-0.05, 0) is 35.4 Å². The zero-order chi connectivity index (χ0) is 18.4. The summed E-state index contributed by atoms with van der Waals surface area (Å²) in [4.78, 5) is 0. The van der Waals surface area contributed by atoms with E-state index in [1.54, 1.807) is 0 Å². The number of benzene rings is 2. The molecule has 2 rings (SSSR count). The van der Waals surface area contributed by atoms with Crippen molar-refractivity contribution < 1.29 is 26.3 Å². The van der Waals surface area contributed by atoms with Crippen LogP contribution in [0.15, 0.2) is 61.7 Å². The molecule has 0 unspecified atom stereocenters. The van der Waals surface area contributed by atoms with E-state index in [1.807, 2.05) is 0 Å². The quantitative estimate of drug-likeness (QED) is 0.532. The monoisotopic (exact) mass is 344 g/mol. The predicted octanol–water partition coefficient (Wildman–Crippen LogP) is 6.70. The second kappa shape index (κ2) is 7.86. The first-order chi connectivity index (χ1) is 11.1. The van der Waals surface area contributed by atoms with Gasteiger partial charge in [0, 0.05) is 0 Å². The van der Waals surface area contributed by atoms with Gasteiger partial charge in [0.1, 0.15) is 0 Å². The van der Waals surface area contributed by atoms with Crippen LogP contribution in [0, 0.1) is 0 Å². The van der Waals surface area contributed by atoms with Gasteiger partial charge in [0.05, 0.1) is 11.1 Å². The van der Waals surface area contributed by atoms with E-state index in [2.05, 4.69) is 13.2 Å². The fourth-order valence-electron chi connectivity index (χ4n) is 1.62. The highest BCUT2D eigenvalue weighted by molar-refractivity contribution is 5.48. The largest absolute Gasteiger partial charge is 0.416 e. The van der Waals surface area contributed by atoms with Gasteiger partial charge in [-0.15, -0.1) is 0 Å². The van der Waals surface area contributed by atoms with Crippen molar-refractivity contribution >= 4 is 12.2 Å². The first kappa shape index (κ1) is 19.5. The van der Waals surface area contributed by atoms with Crippen LogP contribution in [0.25, 0.3) is 12.2 Å². The Labute approximate surface area is 135 Å². The summed E-state index contributed by atoms with van der Waals surface area (Å²) in [6, 6.07) is 9.69. The van der Waals surface area contributed by atoms with Crippen LogP contribution >= 0.6 is 0 Å². The summed E-state index contributed by atoms with van der Waals surface area (Å²) in [6.07, 6.45) is -5.50. The number of hydrogen-bond donors (Lipinski definition) is 0. The van der Waals surface area contributed by atoms with Crippen molar-refractivity contribution in [2.45, 2.75) is 12.4 Å². The van der Waals surface area contributed by atoms with Gasteiger partial charge in [0.25, 0.3) is 0 Å². The van der Waals surface area contributed by atoms with Crippen molar-refractivity contribution in [1.82, 2.24) is 0 Å². The van der Waals surface area contributed by atoms with Gasteiger partial charge in [-0.2, -0.15) is 26.3 Å². The average Bonchev–Trinajstić information content (AvgIpc) is 2.54. The van der Waals surface area contributed by atoms with Crippen LogP contribution in [0.3, 0.4) is 0 Å². The summed E-state index contributed by atoms with van der Waals surface area (Å²) in [5.74, 6) is 0. The van der Waals surface area contributed by atoms with Crippen molar-refractivity contribution in [3.05, 3.63) is 83.9 Å². The second-order valence-corrected chi connectivity index (χ2v) is 4.65. The van der Waals surface area contributed by atoms with Crippen LogP contribution in [0.5, 0.6) is 0 Å². The normalized spacial score (nSPS) is 11.2. The summed E-state index contributed by atoms with van der Waals surface area (Å²) >= 11 is 0. The molecule has 2 aromatic rings. The molecule has 0 aromatic heterocycles. The maximum absolute atomic E-state index is 12.0. The molecule has 0 fully saturated rings. The van der Waals surface area contributed by atoms with Gasteiger partial charge in [-0.1, -0.05) is 49.6 Å². The van der Waals surface area contributed by atoms with Crippen LogP contribution in [0.4, 0.5) is 26.3 Å². The number of hydrogen-bond acceptors (Lipinski definition) is 0. The van der Waals surface area contributed by atoms with Gasteiger partial charge in [-0.25, -0.2) is 0 Å². The molecule has 0 heterocycles. The molecule has 0 spiro atoms. The summed E-state index contributed by atoms with van der Waals surface area (Å²) in [5.41, 5.74) is 0.104. The van der Waals surface area contributed by atoms with Crippen molar-refractivity contribution in [1.29, 1.82) is 0 Å². The molecule has 0 amide bonds. The summed E-state index contributed by atoms with van der Waals surface area (Å²) in [5, 5.41) is 0. The lowest BCUT2D eigenvalue weighted by Crippen LogP contribution is -2.03. The van der Waals surface area contributed by atoms with Crippen molar-refractivity contribution in [3.8, 4) is 0 Å². The highest BCUT2D eigenvalue weighted by Crippen LogP contribution is 2.29. The molecule has 6 heteroatoms. The van der Waals surface area contributed by atoms with Crippen LogP contribution < -0.4 is 0 Å². The van der Waals surface area contributed by atoms with E-state index in [0.29, 0.717) is 11.1 Å². The lowest BCUT2D eigenvalue weighted by atomic mass is 10.1. The van der Waals surface area contributed by atoms with Crippen molar-refractivity contribution in [2.75, 3.05) is 0 Å². The maximum atomic E-state index is 12.0. The number of rotatable bonds is 2. The Morgan fingerprint density at radius 3 is 0.958 bits per heavy atom. The molecule has 24 heavy (non-hydrogen) atoms. The molecular weight excluding hydrogens is 330 g/mol. The lowest BCUT2D eigenvalue weighted by Gasteiger charge is -2.05. The third-order valence-electron chi connectivity index (χ3n) is 2.95. The summed E-state index contributed by atoms with van der Waals surface area (Å²) < 4.78 is 72.0. The third kappa shape index (κ3) is 5.95. The average molecular weight is 344 g/mol. The fraction of sp³-hybridized carbons (Fsp3) is 0.111. The Kier molecular flexibility index (Phi) is 6.40. The smallest absolute Gasteiger partial charge is 0.166 e. The fourth-order valence-corrected chi connectivity index (χ4v) is 1.62. The van der Waals surface area contributed by atoms with E-state index < -0.39 is 23.5 Å². The minimum atomic E-state index is -4.25. The molecule has 0 saturated carbocycles. The van der Waals surface area contributed by atoms with Crippen LogP contribution in [-0.4, -0.2) is 0 Å². The summed E-state index contributed by atoms with van der Waals surface area (Å²) in [7, 11) is 0. The molecule has 2 aromatic carbocycles. The molecule has 0 atom stereocenters. The number of halogens is 6. The Hall–Kier alpha value is -2.50. The minimum Gasteiger partial charge on any atom is -0.166 e. The highest BCUT2D eigenvalue weighted by atomic mass is 19.4. The zero-order valence-electron chi connectivity index (χ0n) is 12.5. The Morgan fingerprint density at radius 2 is 0.792 bits per heavy atom. The topological polar surface area (TPSA) is 0 Å². The maximum Gasteiger partial charge on any atom is 0.416 e. The Morgan fingerprint density at radius 1 is 0.542 bits per heavy atom. The van der Waals surface area contributed by atoms with Gasteiger partial charge in [0.2, 0.25) is 0 Å². The van der Waals surface area contributed by atoms with Crippen LogP contribution in [0.1, 0.15) is 22.3 Å². The number of alkyl halides is 6. The molecular formula is C18H14F6. The lowest BCUT2D eigenvalue weighted by molar-refractivity contribution is -0.138. The van der Waals surface area contributed by atoms with Gasteiger partial charge < -0.3 is 0 Å². The molecule has 0 aliphatic rings. The minimum absolute atomic E-state index is 0.631. The highest BCUT2D eigenvalue weighted by Gasteiger charge is 2.30. The zero-order valence-corrected chi connectivity index (χ0v) is 12.5. The molecule has 0 bridgehead atoms. The van der Waals surface area contributed by atoms with Gasteiger partial charge in [0.15, 0.2) is 0 Å². The standard InChI is InChI=1S/2C9H7F3/c2*1-2-7-3-5-8(6-4-7)9(10,11)12/h2*2-6H,1H2. The SMILES string of the molecule is C=Cc1ccc(C(F)(F)F)cc1.C=Cc1ccc(C(F)(F)F)cc1. The molecule has 0 nitrogen and oxygen atoms in total. The van der Waals surface area contributed by atoms with Crippen molar-refractivity contribution in [2.24, 2.45) is 0 Å². The van der Waals surface area contributed by atoms with E-state index in [1.165, 1.54) is 36.4 Å². The van der Waals surface area contributed by atoms with E-state index in [9.17, 15) is 26.3 Å².